The van der Waals surface area contributed by atoms with E-state index in [4.69, 9.17) is 16.7 Å². The van der Waals surface area contributed by atoms with E-state index < -0.39 is 10.0 Å². The van der Waals surface area contributed by atoms with E-state index in [1.165, 1.54) is 31.7 Å². The number of halogens is 1. The second-order valence-corrected chi connectivity index (χ2v) is 11.5. The summed E-state index contributed by atoms with van der Waals surface area (Å²) in [6.45, 7) is 0. The fourth-order valence-corrected chi connectivity index (χ4v) is 6.60. The zero-order chi connectivity index (χ0) is 23.9. The smallest absolute Gasteiger partial charge is 0.238 e. The summed E-state index contributed by atoms with van der Waals surface area (Å²) in [6, 6.07) is 12.1. The third-order valence-electron chi connectivity index (χ3n) is 7.40. The number of nitrogens with zero attached hydrogens (tertiary/aromatic N) is 1. The van der Waals surface area contributed by atoms with E-state index in [0.717, 1.165) is 35.8 Å². The molecule has 2 fully saturated rings. The lowest BCUT2D eigenvalue weighted by molar-refractivity contribution is -0.115. The number of anilines is 1. The number of primary sulfonamides is 1. The Labute approximate surface area is 205 Å². The fourth-order valence-electron chi connectivity index (χ4n) is 5.62. The van der Waals surface area contributed by atoms with Crippen LogP contribution < -0.4 is 10.5 Å². The van der Waals surface area contributed by atoms with Gasteiger partial charge in [0.25, 0.3) is 0 Å². The summed E-state index contributed by atoms with van der Waals surface area (Å²) in [5, 5.41) is 10.2. The Morgan fingerprint density at radius 3 is 2.50 bits per heavy atom. The molecule has 0 unspecified atom stereocenters. The van der Waals surface area contributed by atoms with Crippen LogP contribution in [-0.2, 0) is 21.2 Å². The summed E-state index contributed by atoms with van der Waals surface area (Å²) in [5.74, 6) is 1.53. The number of nitrogens with one attached hydrogen (secondary N) is 1. The Kier molecular flexibility index (Phi) is 6.35. The molecule has 8 heteroatoms. The molecule has 3 N–H and O–H groups in total. The van der Waals surface area contributed by atoms with Crippen molar-refractivity contribution in [2.45, 2.75) is 55.8 Å². The summed E-state index contributed by atoms with van der Waals surface area (Å²) in [4.78, 5) is 17.4. The Hall–Kier alpha value is -2.48. The van der Waals surface area contributed by atoms with E-state index in [1.807, 2.05) is 12.1 Å². The van der Waals surface area contributed by atoms with E-state index in [1.54, 1.807) is 30.5 Å². The molecule has 2 saturated carbocycles. The average Bonchev–Trinajstić information content (AvgIpc) is 3.28. The summed E-state index contributed by atoms with van der Waals surface area (Å²) in [6.07, 6.45) is 9.17. The molecule has 6 nitrogen and oxygen atoms in total. The number of rotatable bonds is 6. The molecular weight excluding hydrogens is 470 g/mol. The maximum Gasteiger partial charge on any atom is 0.238 e. The van der Waals surface area contributed by atoms with Gasteiger partial charge in [0.2, 0.25) is 15.9 Å². The lowest BCUT2D eigenvalue weighted by atomic mass is 9.66. The van der Waals surface area contributed by atoms with Crippen LogP contribution in [0.1, 0.15) is 55.7 Å². The van der Waals surface area contributed by atoms with Crippen molar-refractivity contribution in [3.8, 4) is 0 Å². The van der Waals surface area contributed by atoms with Crippen LogP contribution in [-0.4, -0.2) is 19.3 Å². The van der Waals surface area contributed by atoms with Crippen molar-refractivity contribution < 1.29 is 13.2 Å². The highest BCUT2D eigenvalue weighted by Crippen LogP contribution is 2.50. The predicted octanol–water partition coefficient (Wildman–Crippen LogP) is 5.40. The van der Waals surface area contributed by atoms with Crippen LogP contribution in [0.5, 0.6) is 0 Å². The van der Waals surface area contributed by atoms with Gasteiger partial charge in [0.1, 0.15) is 0 Å². The van der Waals surface area contributed by atoms with Gasteiger partial charge in [0.05, 0.1) is 17.0 Å². The molecule has 0 aliphatic heterocycles. The molecule has 0 saturated heterocycles. The van der Waals surface area contributed by atoms with Gasteiger partial charge < -0.3 is 5.32 Å². The third-order valence-corrected chi connectivity index (χ3v) is 8.72. The van der Waals surface area contributed by atoms with Crippen LogP contribution in [0.3, 0.4) is 0 Å². The molecule has 3 aromatic rings. The average molecular weight is 498 g/mol. The maximum atomic E-state index is 12.7. The Morgan fingerprint density at radius 1 is 1.06 bits per heavy atom. The van der Waals surface area contributed by atoms with Crippen molar-refractivity contribution in [3.05, 3.63) is 64.9 Å². The minimum atomic E-state index is -4.01. The SMILES string of the molecule is NS(=O)(=O)c1cc(NC(=O)Cc2ccccc2Cl)cc2c(C3CC(C4CCCC4)C3)nccc12. The first-order chi connectivity index (χ1) is 16.3. The first-order valence-corrected chi connectivity index (χ1v) is 13.7. The number of hydrogen-bond donors (Lipinski definition) is 2. The molecule has 0 radical (unpaired) electrons. The molecule has 5 rings (SSSR count). The van der Waals surface area contributed by atoms with Crippen LogP contribution in [0.2, 0.25) is 5.02 Å². The van der Waals surface area contributed by atoms with E-state index in [2.05, 4.69) is 10.3 Å². The molecule has 2 aromatic carbocycles. The van der Waals surface area contributed by atoms with Crippen molar-refractivity contribution in [3.63, 3.8) is 0 Å². The first-order valence-electron chi connectivity index (χ1n) is 11.8. The quantitative estimate of drug-likeness (QED) is 0.475. The maximum absolute atomic E-state index is 12.7. The van der Waals surface area contributed by atoms with Gasteiger partial charge in [-0.2, -0.15) is 0 Å². The normalized spacial score (nSPS) is 20.9. The molecule has 2 aliphatic carbocycles. The Morgan fingerprint density at radius 2 is 1.79 bits per heavy atom. The topological polar surface area (TPSA) is 102 Å². The molecular formula is C26H28ClN3O3S. The molecule has 178 valence electrons. The van der Waals surface area contributed by atoms with Crippen molar-refractivity contribution in [1.29, 1.82) is 0 Å². The number of fused-ring (bicyclic) bond motifs is 1. The highest BCUT2D eigenvalue weighted by Gasteiger charge is 2.38. The second-order valence-electron chi connectivity index (χ2n) is 9.60. The van der Waals surface area contributed by atoms with Gasteiger partial charge in [-0.15, -0.1) is 0 Å². The monoisotopic (exact) mass is 497 g/mol. The van der Waals surface area contributed by atoms with Gasteiger partial charge in [-0.1, -0.05) is 55.5 Å². The Bertz CT molecular complexity index is 1350. The second kappa shape index (κ2) is 9.29. The van der Waals surface area contributed by atoms with Crippen molar-refractivity contribution in [2.75, 3.05) is 5.32 Å². The summed E-state index contributed by atoms with van der Waals surface area (Å²) >= 11 is 6.19. The van der Waals surface area contributed by atoms with Gasteiger partial charge >= 0.3 is 0 Å². The third kappa shape index (κ3) is 4.69. The molecule has 1 amide bonds. The highest BCUT2D eigenvalue weighted by atomic mass is 35.5. The zero-order valence-electron chi connectivity index (χ0n) is 18.8. The van der Waals surface area contributed by atoms with Crippen LogP contribution in [0, 0.1) is 11.8 Å². The van der Waals surface area contributed by atoms with Gasteiger partial charge in [-0.05, 0) is 54.5 Å². The number of carbonyl (C=O) groups excluding carboxylic acids is 1. The standard InChI is InChI=1S/C26H28ClN3O3S/c27-23-8-4-3-7-17(23)13-25(31)30-20-14-22-21(24(15-20)34(28,32)33)9-10-29-26(22)19-11-18(12-19)16-5-1-2-6-16/h3-4,7-10,14-16,18-19H,1-2,5-6,11-13H2,(H,30,31)(H2,28,32,33). The number of amides is 1. The molecule has 1 heterocycles. The first kappa shape index (κ1) is 23.3. The van der Waals surface area contributed by atoms with Crippen LogP contribution in [0.4, 0.5) is 5.69 Å². The Balaban J connectivity index is 1.46. The largest absolute Gasteiger partial charge is 0.326 e. The number of benzene rings is 2. The van der Waals surface area contributed by atoms with Gasteiger partial charge in [0, 0.05) is 33.6 Å². The molecule has 0 bridgehead atoms. The molecule has 0 atom stereocenters. The van der Waals surface area contributed by atoms with Gasteiger partial charge in [-0.25, -0.2) is 13.6 Å². The molecule has 0 spiro atoms. The van der Waals surface area contributed by atoms with Gasteiger partial charge in [-0.3, -0.25) is 9.78 Å². The molecule has 2 aliphatic rings. The fraction of sp³-hybridized carbons (Fsp3) is 0.385. The number of sulfonamides is 1. The number of pyridine rings is 1. The number of carbonyl (C=O) groups is 1. The number of nitrogens with two attached hydrogens (primary N) is 1. The minimum absolute atomic E-state index is 0.00615. The lowest BCUT2D eigenvalue weighted by Crippen LogP contribution is -2.28. The predicted molar refractivity (Wildman–Crippen MR) is 134 cm³/mol. The van der Waals surface area contributed by atoms with Crippen molar-refractivity contribution in [1.82, 2.24) is 4.98 Å². The van der Waals surface area contributed by atoms with Crippen LogP contribution in [0.25, 0.3) is 10.8 Å². The lowest BCUT2D eigenvalue weighted by Gasteiger charge is -2.39. The zero-order valence-corrected chi connectivity index (χ0v) is 20.4. The summed E-state index contributed by atoms with van der Waals surface area (Å²) in [7, 11) is -4.01. The van der Waals surface area contributed by atoms with Crippen LogP contribution >= 0.6 is 11.6 Å². The number of aromatic nitrogens is 1. The molecule has 1 aromatic heterocycles. The van der Waals surface area contributed by atoms with Crippen molar-refractivity contribution in [2.24, 2.45) is 17.0 Å². The molecule has 34 heavy (non-hydrogen) atoms. The van der Waals surface area contributed by atoms with E-state index >= 15 is 0 Å². The van der Waals surface area contributed by atoms with E-state index in [0.29, 0.717) is 21.7 Å². The van der Waals surface area contributed by atoms with Crippen molar-refractivity contribution >= 4 is 44.0 Å². The highest BCUT2D eigenvalue weighted by molar-refractivity contribution is 7.89. The van der Waals surface area contributed by atoms with E-state index in [-0.39, 0.29) is 23.1 Å². The summed E-state index contributed by atoms with van der Waals surface area (Å²) < 4.78 is 24.9. The van der Waals surface area contributed by atoms with Gasteiger partial charge in [0.15, 0.2) is 0 Å². The summed E-state index contributed by atoms with van der Waals surface area (Å²) in [5.41, 5.74) is 1.97. The van der Waals surface area contributed by atoms with Crippen LogP contribution in [0.15, 0.2) is 53.6 Å². The number of hydrogen-bond acceptors (Lipinski definition) is 4. The minimum Gasteiger partial charge on any atom is -0.326 e. The van der Waals surface area contributed by atoms with E-state index in [9.17, 15) is 13.2 Å².